The SMILES string of the molecule is OCC#CCOCc1cccc(Br)n1. The largest absolute Gasteiger partial charge is 0.384 e. The molecule has 0 saturated carbocycles. The lowest BCUT2D eigenvalue weighted by molar-refractivity contribution is 0.150. The van der Waals surface area contributed by atoms with Crippen LogP contribution in [0.4, 0.5) is 0 Å². The van der Waals surface area contributed by atoms with E-state index in [1.54, 1.807) is 0 Å². The molecule has 1 N–H and O–H groups in total. The Labute approximate surface area is 91.3 Å². The highest BCUT2D eigenvalue weighted by atomic mass is 79.9. The lowest BCUT2D eigenvalue weighted by Gasteiger charge is -1.99. The Hall–Kier alpha value is -0.890. The lowest BCUT2D eigenvalue weighted by atomic mass is 10.4. The van der Waals surface area contributed by atoms with E-state index in [0.29, 0.717) is 13.2 Å². The van der Waals surface area contributed by atoms with E-state index in [2.05, 4.69) is 32.8 Å². The first-order chi connectivity index (χ1) is 6.83. The number of pyridine rings is 1. The van der Waals surface area contributed by atoms with Gasteiger partial charge in [0.25, 0.3) is 0 Å². The molecule has 1 aromatic heterocycles. The van der Waals surface area contributed by atoms with Gasteiger partial charge < -0.3 is 9.84 Å². The van der Waals surface area contributed by atoms with Gasteiger partial charge in [0.1, 0.15) is 17.8 Å². The Morgan fingerprint density at radius 1 is 1.43 bits per heavy atom. The van der Waals surface area contributed by atoms with Crippen molar-refractivity contribution in [3.8, 4) is 11.8 Å². The minimum absolute atomic E-state index is 0.126. The molecule has 0 spiro atoms. The topological polar surface area (TPSA) is 42.4 Å². The zero-order valence-corrected chi connectivity index (χ0v) is 9.12. The normalized spacial score (nSPS) is 9.29. The van der Waals surface area contributed by atoms with Gasteiger partial charge in [0.2, 0.25) is 0 Å². The highest BCUT2D eigenvalue weighted by Crippen LogP contribution is 2.06. The third-order valence-corrected chi connectivity index (χ3v) is 1.84. The molecule has 14 heavy (non-hydrogen) atoms. The van der Waals surface area contributed by atoms with Crippen molar-refractivity contribution in [3.05, 3.63) is 28.5 Å². The van der Waals surface area contributed by atoms with Crippen LogP contribution < -0.4 is 0 Å². The van der Waals surface area contributed by atoms with E-state index >= 15 is 0 Å². The van der Waals surface area contributed by atoms with E-state index in [0.717, 1.165) is 10.3 Å². The van der Waals surface area contributed by atoms with E-state index < -0.39 is 0 Å². The molecule has 0 aliphatic rings. The second-order valence-electron chi connectivity index (χ2n) is 2.46. The number of rotatable bonds is 3. The molecule has 0 aliphatic heterocycles. The quantitative estimate of drug-likeness (QED) is 0.504. The zero-order chi connectivity index (χ0) is 10.2. The smallest absolute Gasteiger partial charge is 0.108 e. The van der Waals surface area contributed by atoms with Gasteiger partial charge in [-0.3, -0.25) is 0 Å². The van der Waals surface area contributed by atoms with Gasteiger partial charge in [0, 0.05) is 0 Å². The fourth-order valence-electron chi connectivity index (χ4n) is 0.844. The van der Waals surface area contributed by atoms with Crippen molar-refractivity contribution in [2.45, 2.75) is 6.61 Å². The molecule has 0 radical (unpaired) electrons. The summed E-state index contributed by atoms with van der Waals surface area (Å²) in [5.41, 5.74) is 0.852. The van der Waals surface area contributed by atoms with Gasteiger partial charge in [0.05, 0.1) is 12.3 Å². The zero-order valence-electron chi connectivity index (χ0n) is 7.53. The Morgan fingerprint density at radius 3 is 3.00 bits per heavy atom. The van der Waals surface area contributed by atoms with Crippen LogP contribution in [0.3, 0.4) is 0 Å². The first-order valence-electron chi connectivity index (χ1n) is 4.08. The second-order valence-corrected chi connectivity index (χ2v) is 3.27. The van der Waals surface area contributed by atoms with Gasteiger partial charge in [-0.25, -0.2) is 4.98 Å². The number of aliphatic hydroxyl groups is 1. The number of hydrogen-bond donors (Lipinski definition) is 1. The molecule has 0 saturated heterocycles. The first kappa shape index (κ1) is 11.2. The summed E-state index contributed by atoms with van der Waals surface area (Å²) in [7, 11) is 0. The Kier molecular flexibility index (Phi) is 5.23. The van der Waals surface area contributed by atoms with Crippen LogP contribution >= 0.6 is 15.9 Å². The summed E-state index contributed by atoms with van der Waals surface area (Å²) in [6, 6.07) is 5.63. The van der Waals surface area contributed by atoms with Crippen LogP contribution in [0.25, 0.3) is 0 Å². The first-order valence-corrected chi connectivity index (χ1v) is 4.88. The Balaban J connectivity index is 2.31. The predicted molar refractivity (Wildman–Crippen MR) is 56.5 cm³/mol. The van der Waals surface area contributed by atoms with Crippen LogP contribution in [-0.2, 0) is 11.3 Å². The maximum atomic E-state index is 8.37. The molecule has 0 atom stereocenters. The third kappa shape index (κ3) is 4.38. The number of hydrogen-bond acceptors (Lipinski definition) is 3. The molecular weight excluding hydrogens is 246 g/mol. The van der Waals surface area contributed by atoms with Crippen LogP contribution in [0.1, 0.15) is 5.69 Å². The molecule has 1 heterocycles. The van der Waals surface area contributed by atoms with Crippen molar-refractivity contribution in [3.63, 3.8) is 0 Å². The summed E-state index contributed by atoms with van der Waals surface area (Å²) in [6.45, 7) is 0.618. The summed E-state index contributed by atoms with van der Waals surface area (Å²) in [4.78, 5) is 4.19. The average Bonchev–Trinajstić information content (AvgIpc) is 2.18. The minimum atomic E-state index is -0.126. The van der Waals surface area contributed by atoms with Gasteiger partial charge >= 0.3 is 0 Å². The summed E-state index contributed by atoms with van der Waals surface area (Å²) < 4.78 is 6.00. The number of aromatic nitrogens is 1. The molecule has 3 nitrogen and oxygen atoms in total. The molecular formula is C10H10BrNO2. The molecule has 0 amide bonds. The molecule has 0 fully saturated rings. The van der Waals surface area contributed by atoms with Gasteiger partial charge in [0.15, 0.2) is 0 Å². The van der Waals surface area contributed by atoms with Crippen LogP contribution in [0.15, 0.2) is 22.8 Å². The average molecular weight is 256 g/mol. The molecule has 0 aliphatic carbocycles. The van der Waals surface area contributed by atoms with Crippen LogP contribution in [0.5, 0.6) is 0 Å². The van der Waals surface area contributed by atoms with Crippen molar-refractivity contribution in [2.75, 3.05) is 13.2 Å². The predicted octanol–water partition coefficient (Wildman–Crippen LogP) is 1.36. The highest BCUT2D eigenvalue weighted by molar-refractivity contribution is 9.10. The van der Waals surface area contributed by atoms with Crippen molar-refractivity contribution in [2.24, 2.45) is 0 Å². The summed E-state index contributed by atoms with van der Waals surface area (Å²) >= 11 is 3.27. The highest BCUT2D eigenvalue weighted by Gasteiger charge is 1.94. The van der Waals surface area contributed by atoms with Gasteiger partial charge in [-0.05, 0) is 28.1 Å². The molecule has 1 aromatic rings. The number of ether oxygens (including phenoxy) is 1. The van der Waals surface area contributed by atoms with Crippen molar-refractivity contribution in [1.29, 1.82) is 0 Å². The van der Waals surface area contributed by atoms with E-state index in [4.69, 9.17) is 9.84 Å². The molecule has 4 heteroatoms. The fourth-order valence-corrected chi connectivity index (χ4v) is 1.22. The summed E-state index contributed by atoms with van der Waals surface area (Å²) in [6.07, 6.45) is 0. The lowest BCUT2D eigenvalue weighted by Crippen LogP contribution is -1.96. The summed E-state index contributed by atoms with van der Waals surface area (Å²) in [5, 5.41) is 8.37. The second kappa shape index (κ2) is 6.55. The third-order valence-electron chi connectivity index (χ3n) is 1.40. The van der Waals surface area contributed by atoms with Crippen molar-refractivity contribution >= 4 is 15.9 Å². The Morgan fingerprint density at radius 2 is 2.29 bits per heavy atom. The molecule has 0 unspecified atom stereocenters. The van der Waals surface area contributed by atoms with E-state index in [1.165, 1.54) is 0 Å². The van der Waals surface area contributed by atoms with Crippen LogP contribution in [0, 0.1) is 11.8 Å². The number of nitrogens with zero attached hydrogens (tertiary/aromatic N) is 1. The standard InChI is InChI=1S/C10H10BrNO2/c11-10-5-3-4-9(12-10)8-14-7-2-1-6-13/h3-5,13H,6-8H2. The minimum Gasteiger partial charge on any atom is -0.384 e. The maximum absolute atomic E-state index is 8.37. The molecule has 0 bridgehead atoms. The maximum Gasteiger partial charge on any atom is 0.108 e. The monoisotopic (exact) mass is 255 g/mol. The van der Waals surface area contributed by atoms with Gasteiger partial charge in [-0.15, -0.1) is 0 Å². The van der Waals surface area contributed by atoms with Gasteiger partial charge in [-0.1, -0.05) is 17.9 Å². The van der Waals surface area contributed by atoms with Crippen LogP contribution in [0.2, 0.25) is 0 Å². The molecule has 0 aromatic carbocycles. The number of aliphatic hydroxyl groups excluding tert-OH is 1. The van der Waals surface area contributed by atoms with Gasteiger partial charge in [-0.2, -0.15) is 0 Å². The van der Waals surface area contributed by atoms with Crippen molar-refractivity contribution < 1.29 is 9.84 Å². The molecule has 74 valence electrons. The van der Waals surface area contributed by atoms with E-state index in [1.807, 2.05) is 18.2 Å². The molecule has 1 rings (SSSR count). The van der Waals surface area contributed by atoms with Crippen LogP contribution in [-0.4, -0.2) is 23.3 Å². The Bertz CT molecular complexity index is 343. The summed E-state index contributed by atoms with van der Waals surface area (Å²) in [5.74, 6) is 5.15. The van der Waals surface area contributed by atoms with E-state index in [9.17, 15) is 0 Å². The van der Waals surface area contributed by atoms with Crippen molar-refractivity contribution in [1.82, 2.24) is 4.98 Å². The fraction of sp³-hybridized carbons (Fsp3) is 0.300. The van der Waals surface area contributed by atoms with E-state index in [-0.39, 0.29) is 6.61 Å². The number of halogens is 1.